The highest BCUT2D eigenvalue weighted by Crippen LogP contribution is 2.30. The van der Waals surface area contributed by atoms with Crippen LogP contribution < -0.4 is 10.9 Å². The Balaban J connectivity index is 2.09. The summed E-state index contributed by atoms with van der Waals surface area (Å²) in [6, 6.07) is 8.78. The van der Waals surface area contributed by atoms with Crippen molar-refractivity contribution in [2.75, 3.05) is 6.54 Å². The maximum atomic E-state index is 13.7. The van der Waals surface area contributed by atoms with E-state index in [0.717, 1.165) is 42.5 Å². The molecule has 13 heteroatoms. The molecule has 0 aliphatic rings. The first-order chi connectivity index (χ1) is 15.8. The van der Waals surface area contributed by atoms with Crippen molar-refractivity contribution < 1.29 is 40.6 Å². The molecule has 3 aromatic rings. The molecule has 3 rings (SSSR count). The first-order valence-electron chi connectivity index (χ1n) is 9.38. The van der Waals surface area contributed by atoms with E-state index in [4.69, 9.17) is 5.11 Å². The van der Waals surface area contributed by atoms with Crippen molar-refractivity contribution in [3.05, 3.63) is 81.9 Å². The van der Waals surface area contributed by atoms with Gasteiger partial charge < -0.3 is 10.4 Å². The molecule has 1 atom stereocenters. The molecule has 0 fully saturated rings. The molecule has 1 amide bonds. The number of amides is 1. The highest BCUT2D eigenvalue weighted by Gasteiger charge is 2.38. The summed E-state index contributed by atoms with van der Waals surface area (Å²) in [6.45, 7) is -1.26. The third-order valence-electron chi connectivity index (χ3n) is 4.55. The van der Waals surface area contributed by atoms with Gasteiger partial charge in [-0.1, -0.05) is 18.2 Å². The lowest BCUT2D eigenvalue weighted by atomic mass is 10.1. The number of carbonyl (C=O) groups excluding carboxylic acids is 1. The quantitative estimate of drug-likeness (QED) is 0.536. The Hall–Kier alpha value is -3.74. The van der Waals surface area contributed by atoms with E-state index in [1.807, 2.05) is 0 Å². The van der Waals surface area contributed by atoms with E-state index in [9.17, 15) is 40.3 Å². The van der Waals surface area contributed by atoms with Gasteiger partial charge in [-0.25, -0.2) is 4.39 Å². The molecule has 0 aliphatic carbocycles. The maximum Gasteiger partial charge on any atom is 0.416 e. The first kappa shape index (κ1) is 24.9. The number of alkyl halides is 6. The van der Waals surface area contributed by atoms with Crippen molar-refractivity contribution >= 4 is 5.91 Å². The van der Waals surface area contributed by atoms with Crippen LogP contribution in [0.5, 0.6) is 0 Å². The third kappa shape index (κ3) is 5.60. The molecule has 0 saturated heterocycles. The van der Waals surface area contributed by atoms with Gasteiger partial charge in [-0.15, -0.1) is 0 Å². The number of hydrogen-bond donors (Lipinski definition) is 2. The Bertz CT molecular complexity index is 1250. The molecule has 34 heavy (non-hydrogen) atoms. The number of hydrogen-bond acceptors (Lipinski definition) is 4. The molecule has 1 aromatic heterocycles. The lowest BCUT2D eigenvalue weighted by Crippen LogP contribution is -2.42. The molecule has 0 aliphatic heterocycles. The average Bonchev–Trinajstić information content (AvgIpc) is 2.76. The minimum absolute atomic E-state index is 0.0301. The van der Waals surface area contributed by atoms with Gasteiger partial charge in [-0.05, 0) is 36.4 Å². The number of nitrogens with one attached hydrogen (secondary N) is 1. The normalized spacial score (nSPS) is 12.9. The van der Waals surface area contributed by atoms with E-state index >= 15 is 0 Å². The van der Waals surface area contributed by atoms with Crippen molar-refractivity contribution in [2.45, 2.75) is 18.5 Å². The Kier molecular flexibility index (Phi) is 6.77. The van der Waals surface area contributed by atoms with Crippen molar-refractivity contribution in [3.63, 3.8) is 0 Å². The molecule has 6 nitrogen and oxygen atoms in total. The van der Waals surface area contributed by atoms with Gasteiger partial charge in [0.25, 0.3) is 11.5 Å². The molecular formula is C21H14F7N3O3. The zero-order valence-corrected chi connectivity index (χ0v) is 16.8. The molecule has 0 radical (unpaired) electrons. The van der Waals surface area contributed by atoms with Gasteiger partial charge in [-0.2, -0.15) is 36.1 Å². The lowest BCUT2D eigenvalue weighted by Gasteiger charge is -2.15. The second-order valence-electron chi connectivity index (χ2n) is 6.98. The van der Waals surface area contributed by atoms with Gasteiger partial charge in [0, 0.05) is 5.56 Å². The number of aliphatic hydroxyl groups excluding tert-OH is 1. The fraction of sp³-hybridized carbons (Fsp3) is 0.190. The predicted molar refractivity (Wildman–Crippen MR) is 105 cm³/mol. The van der Waals surface area contributed by atoms with Crippen molar-refractivity contribution in [3.8, 4) is 16.9 Å². The molecule has 1 heterocycles. The molecule has 0 bridgehead atoms. The number of aromatic nitrogens is 2. The summed E-state index contributed by atoms with van der Waals surface area (Å²) in [6.07, 6.45) is -12.6. The number of halogens is 7. The second-order valence-corrected chi connectivity index (χ2v) is 6.98. The van der Waals surface area contributed by atoms with Crippen molar-refractivity contribution in [2.24, 2.45) is 0 Å². The van der Waals surface area contributed by atoms with Crippen LogP contribution in [0.1, 0.15) is 15.9 Å². The van der Waals surface area contributed by atoms with Crippen LogP contribution in [0.3, 0.4) is 0 Å². The SMILES string of the molecule is O=C(NCC(O)C(F)(F)F)c1cc(-c2ccc(C(F)(F)F)cc2)nn(-c2cccc(F)c2)c1=O. The largest absolute Gasteiger partial charge is 0.416 e. The molecule has 0 saturated carbocycles. The summed E-state index contributed by atoms with van der Waals surface area (Å²) in [5.41, 5.74) is -3.16. The van der Waals surface area contributed by atoms with Crippen LogP contribution in [-0.4, -0.2) is 39.6 Å². The van der Waals surface area contributed by atoms with Crippen LogP contribution in [-0.2, 0) is 6.18 Å². The number of carbonyl (C=O) groups is 1. The zero-order valence-electron chi connectivity index (χ0n) is 16.8. The summed E-state index contributed by atoms with van der Waals surface area (Å²) in [5.74, 6) is -2.08. The minimum atomic E-state index is -5.03. The number of benzene rings is 2. The Morgan fingerprint density at radius 1 is 1.03 bits per heavy atom. The lowest BCUT2D eigenvalue weighted by molar-refractivity contribution is -0.201. The summed E-state index contributed by atoms with van der Waals surface area (Å²) < 4.78 is 90.4. The van der Waals surface area contributed by atoms with Crippen LogP contribution >= 0.6 is 0 Å². The topological polar surface area (TPSA) is 84.2 Å². The maximum absolute atomic E-state index is 13.7. The van der Waals surface area contributed by atoms with Crippen LogP contribution in [0.2, 0.25) is 0 Å². The monoisotopic (exact) mass is 489 g/mol. The highest BCUT2D eigenvalue weighted by molar-refractivity contribution is 5.94. The second kappa shape index (κ2) is 9.25. The molecule has 180 valence electrons. The van der Waals surface area contributed by atoms with Gasteiger partial charge in [0.2, 0.25) is 0 Å². The summed E-state index contributed by atoms with van der Waals surface area (Å²) in [4.78, 5) is 25.3. The van der Waals surface area contributed by atoms with E-state index in [1.54, 1.807) is 5.32 Å². The average molecular weight is 489 g/mol. The van der Waals surface area contributed by atoms with Crippen molar-refractivity contribution in [1.29, 1.82) is 0 Å². The third-order valence-corrected chi connectivity index (χ3v) is 4.55. The first-order valence-corrected chi connectivity index (χ1v) is 9.38. The predicted octanol–water partition coefficient (Wildman–Crippen LogP) is 3.71. The Morgan fingerprint density at radius 3 is 2.24 bits per heavy atom. The molecule has 2 N–H and O–H groups in total. The standard InChI is InChI=1S/C21H14F7N3O3/c22-13-2-1-3-14(8-13)31-19(34)15(18(33)29-10-17(32)21(26,27)28)9-16(30-31)11-4-6-12(7-5-11)20(23,24)25/h1-9,17,32H,10H2,(H,29,33). The fourth-order valence-electron chi connectivity index (χ4n) is 2.81. The summed E-state index contributed by atoms with van der Waals surface area (Å²) in [7, 11) is 0. The fourth-order valence-corrected chi connectivity index (χ4v) is 2.81. The zero-order chi connectivity index (χ0) is 25.3. The molecule has 2 aromatic carbocycles. The summed E-state index contributed by atoms with van der Waals surface area (Å²) in [5, 5.41) is 14.8. The summed E-state index contributed by atoms with van der Waals surface area (Å²) >= 11 is 0. The van der Waals surface area contributed by atoms with E-state index in [2.05, 4.69) is 5.10 Å². The Labute approximate surface area is 186 Å². The highest BCUT2D eigenvalue weighted by atomic mass is 19.4. The van der Waals surface area contributed by atoms with Crippen LogP contribution in [0.15, 0.2) is 59.4 Å². The number of aliphatic hydroxyl groups is 1. The number of nitrogens with zero attached hydrogens (tertiary/aromatic N) is 2. The van der Waals surface area contributed by atoms with Crippen LogP contribution in [0.25, 0.3) is 16.9 Å². The minimum Gasteiger partial charge on any atom is -0.382 e. The molecule has 0 spiro atoms. The smallest absolute Gasteiger partial charge is 0.382 e. The van der Waals surface area contributed by atoms with E-state index in [0.29, 0.717) is 4.68 Å². The van der Waals surface area contributed by atoms with E-state index in [-0.39, 0.29) is 16.9 Å². The van der Waals surface area contributed by atoms with Crippen LogP contribution in [0.4, 0.5) is 30.7 Å². The molecule has 1 unspecified atom stereocenters. The van der Waals surface area contributed by atoms with Gasteiger partial charge in [0.15, 0.2) is 6.10 Å². The van der Waals surface area contributed by atoms with Gasteiger partial charge in [-0.3, -0.25) is 9.59 Å². The number of rotatable bonds is 5. The van der Waals surface area contributed by atoms with Gasteiger partial charge in [0.1, 0.15) is 11.4 Å². The van der Waals surface area contributed by atoms with Gasteiger partial charge >= 0.3 is 12.4 Å². The van der Waals surface area contributed by atoms with E-state index in [1.165, 1.54) is 12.1 Å². The van der Waals surface area contributed by atoms with E-state index < -0.39 is 53.4 Å². The van der Waals surface area contributed by atoms with Gasteiger partial charge in [0.05, 0.1) is 23.5 Å². The van der Waals surface area contributed by atoms with Crippen molar-refractivity contribution in [1.82, 2.24) is 15.1 Å². The molecular weight excluding hydrogens is 475 g/mol. The van der Waals surface area contributed by atoms with Crippen LogP contribution in [0, 0.1) is 5.82 Å². The Morgan fingerprint density at radius 2 is 1.68 bits per heavy atom.